The van der Waals surface area contributed by atoms with Crippen LogP contribution in [0.3, 0.4) is 0 Å². The number of thiazole rings is 1. The molecule has 1 N–H and O–H groups in total. The maximum atomic E-state index is 12.5. The van der Waals surface area contributed by atoms with E-state index in [1.807, 2.05) is 42.5 Å². The molecule has 3 heterocycles. The highest BCUT2D eigenvalue weighted by atomic mass is 32.1. The van der Waals surface area contributed by atoms with E-state index in [1.165, 1.54) is 17.8 Å². The molecule has 5 nitrogen and oxygen atoms in total. The van der Waals surface area contributed by atoms with Crippen molar-refractivity contribution >= 4 is 32.5 Å². The van der Waals surface area contributed by atoms with E-state index in [0.29, 0.717) is 34.6 Å². The van der Waals surface area contributed by atoms with Crippen molar-refractivity contribution in [2.75, 3.05) is 13.2 Å². The van der Waals surface area contributed by atoms with Crippen molar-refractivity contribution in [2.24, 2.45) is 0 Å². The Kier molecular flexibility index (Phi) is 4.14. The van der Waals surface area contributed by atoms with Gasteiger partial charge < -0.3 is 14.5 Å². The number of nitrogens with one attached hydrogen (secondary N) is 1. The minimum atomic E-state index is -0.379. The standard InChI is InChI=1S/C21H18N2O3S/c24-21-16(20-23-17-5-1-2-6-19(17)27-20)10-13-7-8-15(11-18(13)26-21)25-12-14-4-3-9-22-14/h1-2,5-8,10-11,14,22H,3-4,9,12H2. The third-order valence-corrected chi connectivity index (χ3v) is 5.91. The first-order valence-electron chi connectivity index (χ1n) is 9.06. The van der Waals surface area contributed by atoms with E-state index in [-0.39, 0.29) is 5.63 Å². The first kappa shape index (κ1) is 16.5. The molecule has 0 spiro atoms. The van der Waals surface area contributed by atoms with E-state index in [4.69, 9.17) is 9.15 Å². The van der Waals surface area contributed by atoms with Crippen LogP contribution in [0.5, 0.6) is 5.75 Å². The Balaban J connectivity index is 1.47. The molecule has 1 atom stereocenters. The van der Waals surface area contributed by atoms with E-state index < -0.39 is 0 Å². The van der Waals surface area contributed by atoms with Crippen molar-refractivity contribution in [3.8, 4) is 16.3 Å². The summed E-state index contributed by atoms with van der Waals surface area (Å²) >= 11 is 1.50. The number of aromatic nitrogens is 1. The molecule has 0 bridgehead atoms. The normalized spacial score (nSPS) is 17.0. The molecule has 4 aromatic rings. The molecular formula is C21H18N2O3S. The SMILES string of the molecule is O=c1oc2cc(OCC3CCCN3)ccc2cc1-c1nc2ccccc2s1. The van der Waals surface area contributed by atoms with E-state index >= 15 is 0 Å². The number of hydrogen-bond donors (Lipinski definition) is 1. The summed E-state index contributed by atoms with van der Waals surface area (Å²) in [4.78, 5) is 17.1. The third kappa shape index (κ3) is 3.22. The summed E-state index contributed by atoms with van der Waals surface area (Å²) in [5.41, 5.74) is 1.53. The fourth-order valence-electron chi connectivity index (χ4n) is 3.41. The minimum Gasteiger partial charge on any atom is -0.492 e. The molecule has 2 aromatic carbocycles. The molecule has 1 unspecified atom stereocenters. The zero-order chi connectivity index (χ0) is 18.2. The van der Waals surface area contributed by atoms with Crippen molar-refractivity contribution in [1.29, 1.82) is 0 Å². The van der Waals surface area contributed by atoms with Crippen molar-refractivity contribution in [2.45, 2.75) is 18.9 Å². The molecule has 1 aliphatic heterocycles. The van der Waals surface area contributed by atoms with Gasteiger partial charge in [0.05, 0.1) is 15.8 Å². The zero-order valence-electron chi connectivity index (χ0n) is 14.6. The summed E-state index contributed by atoms with van der Waals surface area (Å²) in [7, 11) is 0. The lowest BCUT2D eigenvalue weighted by Crippen LogP contribution is -2.28. The van der Waals surface area contributed by atoms with Gasteiger partial charge in [-0.1, -0.05) is 12.1 Å². The summed E-state index contributed by atoms with van der Waals surface area (Å²) in [5.74, 6) is 0.715. The first-order chi connectivity index (χ1) is 13.3. The number of ether oxygens (including phenoxy) is 1. The molecule has 0 aliphatic carbocycles. The predicted molar refractivity (Wildman–Crippen MR) is 108 cm³/mol. The summed E-state index contributed by atoms with van der Waals surface area (Å²) < 4.78 is 12.5. The predicted octanol–water partition coefficient (Wildman–Crippen LogP) is 4.20. The van der Waals surface area contributed by atoms with Crippen LogP contribution in [0.4, 0.5) is 0 Å². The second kappa shape index (κ2) is 6.79. The summed E-state index contributed by atoms with van der Waals surface area (Å²) in [6, 6.07) is 15.7. The lowest BCUT2D eigenvalue weighted by atomic mass is 10.2. The van der Waals surface area contributed by atoms with Crippen LogP contribution in [0, 0.1) is 0 Å². The van der Waals surface area contributed by atoms with Gasteiger partial charge in [-0.15, -0.1) is 11.3 Å². The van der Waals surface area contributed by atoms with Gasteiger partial charge in [0.25, 0.3) is 0 Å². The van der Waals surface area contributed by atoms with Crippen molar-refractivity contribution in [3.05, 3.63) is 59.0 Å². The largest absolute Gasteiger partial charge is 0.492 e. The molecule has 2 aromatic heterocycles. The lowest BCUT2D eigenvalue weighted by molar-refractivity contribution is 0.277. The van der Waals surface area contributed by atoms with Crippen LogP contribution in [0.2, 0.25) is 0 Å². The van der Waals surface area contributed by atoms with Crippen LogP contribution in [0.15, 0.2) is 57.7 Å². The average Bonchev–Trinajstić information content (AvgIpc) is 3.35. The average molecular weight is 378 g/mol. The number of nitrogens with zero attached hydrogens (tertiary/aromatic N) is 1. The molecule has 1 saturated heterocycles. The number of para-hydroxylation sites is 1. The van der Waals surface area contributed by atoms with Gasteiger partial charge in [0.1, 0.15) is 22.9 Å². The molecule has 136 valence electrons. The van der Waals surface area contributed by atoms with Gasteiger partial charge in [-0.05, 0) is 49.7 Å². The summed E-state index contributed by atoms with van der Waals surface area (Å²) in [5, 5.41) is 4.94. The maximum Gasteiger partial charge on any atom is 0.346 e. The van der Waals surface area contributed by atoms with Crippen LogP contribution in [0.1, 0.15) is 12.8 Å². The molecular weight excluding hydrogens is 360 g/mol. The Labute approximate surface area is 159 Å². The smallest absolute Gasteiger partial charge is 0.346 e. The topological polar surface area (TPSA) is 64.4 Å². The number of benzene rings is 2. The van der Waals surface area contributed by atoms with Crippen molar-refractivity contribution < 1.29 is 9.15 Å². The molecule has 1 fully saturated rings. The van der Waals surface area contributed by atoms with Gasteiger partial charge in [-0.25, -0.2) is 9.78 Å². The fraction of sp³-hybridized carbons (Fsp3) is 0.238. The Morgan fingerprint density at radius 3 is 3.00 bits per heavy atom. The molecule has 1 aliphatic rings. The first-order valence-corrected chi connectivity index (χ1v) is 9.88. The Hall–Kier alpha value is -2.70. The maximum absolute atomic E-state index is 12.5. The third-order valence-electron chi connectivity index (χ3n) is 4.85. The van der Waals surface area contributed by atoms with Gasteiger partial charge in [0, 0.05) is 17.5 Å². The van der Waals surface area contributed by atoms with E-state index in [9.17, 15) is 4.79 Å². The van der Waals surface area contributed by atoms with Gasteiger partial charge in [-0.2, -0.15) is 0 Å². The highest BCUT2D eigenvalue weighted by Gasteiger charge is 2.16. The number of fused-ring (bicyclic) bond motifs is 2. The van der Waals surface area contributed by atoms with Gasteiger partial charge in [0.15, 0.2) is 0 Å². The van der Waals surface area contributed by atoms with E-state index in [2.05, 4.69) is 10.3 Å². The minimum absolute atomic E-state index is 0.379. The van der Waals surface area contributed by atoms with Crippen LogP contribution < -0.4 is 15.7 Å². The molecule has 0 radical (unpaired) electrons. The fourth-order valence-corrected chi connectivity index (χ4v) is 4.38. The lowest BCUT2D eigenvalue weighted by Gasteiger charge is -2.12. The van der Waals surface area contributed by atoms with Crippen molar-refractivity contribution in [3.63, 3.8) is 0 Å². The quantitative estimate of drug-likeness (QED) is 0.539. The molecule has 0 saturated carbocycles. The van der Waals surface area contributed by atoms with E-state index in [1.54, 1.807) is 6.07 Å². The van der Waals surface area contributed by atoms with Crippen LogP contribution in [0.25, 0.3) is 31.8 Å². The number of hydrogen-bond acceptors (Lipinski definition) is 6. The van der Waals surface area contributed by atoms with Crippen LogP contribution in [-0.2, 0) is 0 Å². The second-order valence-electron chi connectivity index (χ2n) is 6.74. The highest BCUT2D eigenvalue weighted by molar-refractivity contribution is 7.21. The van der Waals surface area contributed by atoms with Crippen molar-refractivity contribution in [1.82, 2.24) is 10.3 Å². The number of rotatable bonds is 4. The summed E-state index contributed by atoms with van der Waals surface area (Å²) in [6.07, 6.45) is 2.32. The van der Waals surface area contributed by atoms with Crippen LogP contribution in [-0.4, -0.2) is 24.2 Å². The van der Waals surface area contributed by atoms with Crippen LogP contribution >= 0.6 is 11.3 Å². The Morgan fingerprint density at radius 2 is 2.15 bits per heavy atom. The molecule has 0 amide bonds. The molecule has 27 heavy (non-hydrogen) atoms. The highest BCUT2D eigenvalue weighted by Crippen LogP contribution is 2.30. The Bertz CT molecular complexity index is 1140. The molecule has 6 heteroatoms. The van der Waals surface area contributed by atoms with Gasteiger partial charge in [-0.3, -0.25) is 0 Å². The van der Waals surface area contributed by atoms with Gasteiger partial charge >= 0.3 is 5.63 Å². The molecule has 5 rings (SSSR count). The Morgan fingerprint density at radius 1 is 1.22 bits per heavy atom. The summed E-state index contributed by atoms with van der Waals surface area (Å²) in [6.45, 7) is 1.68. The second-order valence-corrected chi connectivity index (χ2v) is 7.77. The van der Waals surface area contributed by atoms with E-state index in [0.717, 1.165) is 28.6 Å². The van der Waals surface area contributed by atoms with Gasteiger partial charge in [0.2, 0.25) is 0 Å². The zero-order valence-corrected chi connectivity index (χ0v) is 15.4. The monoisotopic (exact) mass is 378 g/mol.